The van der Waals surface area contributed by atoms with Crippen LogP contribution in [0, 0.1) is 5.92 Å². The van der Waals surface area contributed by atoms with E-state index in [0.717, 1.165) is 5.39 Å². The molecular formula is C42H57N13O10. The van der Waals surface area contributed by atoms with E-state index in [1.165, 1.54) is 11.9 Å². The average molecular weight is 904 g/mol. The van der Waals surface area contributed by atoms with Gasteiger partial charge in [-0.05, 0) is 68.8 Å². The van der Waals surface area contributed by atoms with Crippen LogP contribution in [0.5, 0.6) is 0 Å². The van der Waals surface area contributed by atoms with Crippen molar-refractivity contribution in [2.24, 2.45) is 16.8 Å². The summed E-state index contributed by atoms with van der Waals surface area (Å²) in [4.78, 5) is 89.0. The summed E-state index contributed by atoms with van der Waals surface area (Å²) in [7, 11) is 1.48. The molecule has 0 unspecified atom stereocenters. The normalized spacial score (nSPS) is 12.1. The van der Waals surface area contributed by atoms with Crippen molar-refractivity contribution < 1.29 is 48.1 Å². The number of anilines is 2. The number of pyridine rings is 1. The number of fused-ring (bicyclic) bond motifs is 3. The van der Waals surface area contributed by atoms with Gasteiger partial charge in [0.05, 0.1) is 29.7 Å². The van der Waals surface area contributed by atoms with Crippen LogP contribution in [-0.2, 0) is 48.4 Å². The summed E-state index contributed by atoms with van der Waals surface area (Å²) in [6, 6.07) is 10.9. The molecule has 0 aliphatic rings. The molecule has 2 aromatic heterocycles. The van der Waals surface area contributed by atoms with Gasteiger partial charge in [-0.3, -0.25) is 19.7 Å². The molecule has 23 heteroatoms. The maximum absolute atomic E-state index is 13.4. The van der Waals surface area contributed by atoms with Crippen molar-refractivity contribution in [2.45, 2.75) is 84.9 Å². The molecule has 23 nitrogen and oxygen atoms in total. The number of ether oxygens (including phenoxy) is 3. The summed E-state index contributed by atoms with van der Waals surface area (Å²) in [6.45, 7) is 8.76. The van der Waals surface area contributed by atoms with E-state index in [0.29, 0.717) is 40.2 Å². The minimum absolute atomic E-state index is 0.00712. The number of amides is 7. The van der Waals surface area contributed by atoms with E-state index < -0.39 is 60.2 Å². The van der Waals surface area contributed by atoms with Crippen molar-refractivity contribution in [2.75, 3.05) is 50.5 Å². The first-order chi connectivity index (χ1) is 30.9. The molecule has 0 saturated heterocycles. The highest BCUT2D eigenvalue weighted by molar-refractivity contribution is 6.09. The number of rotatable bonds is 23. The van der Waals surface area contributed by atoms with Crippen LogP contribution in [0.2, 0.25) is 0 Å². The summed E-state index contributed by atoms with van der Waals surface area (Å²) in [5, 5.41) is 27.7. The van der Waals surface area contributed by atoms with Crippen LogP contribution < -0.4 is 32.3 Å². The van der Waals surface area contributed by atoms with Crippen LogP contribution in [0.1, 0.15) is 58.8 Å². The molecule has 0 aliphatic carbocycles. The molecule has 0 bridgehead atoms. The van der Waals surface area contributed by atoms with Crippen LogP contribution >= 0.6 is 0 Å². The molecule has 4 rings (SSSR count). The number of aliphatic hydroxyl groups is 1. The molecule has 2 atom stereocenters. The lowest BCUT2D eigenvalue weighted by atomic mass is 10.0. The second-order valence-corrected chi connectivity index (χ2v) is 15.8. The van der Waals surface area contributed by atoms with Crippen molar-refractivity contribution >= 4 is 69.4 Å². The van der Waals surface area contributed by atoms with E-state index in [1.807, 2.05) is 29.7 Å². The standard InChI is InChI=1S/C42H57N13O10/c1-7-63-23-31-50-34-35(55(31)24-42(4,5)62)28-11-8-9-12-29(28)48-36(34)52-40(60)64-20-19-54(6)41(61)65-22-26-14-16-27(17-15-26)47-37(57)30(13-10-18-45-39(43)59)49-38(58)33(25(2)3)51-32(56)21-46-53-44/h8-9,11-12,14-17,25,30,33,62H,7,10,13,18-24H2,1-6H3,(H,47,57)(H,49,58)(H,51,56)(H3,43,45,59)(H,48,52,60)/t30-,33-/m1/s1. The van der Waals surface area contributed by atoms with E-state index in [1.54, 1.807) is 58.0 Å². The lowest BCUT2D eigenvalue weighted by Crippen LogP contribution is -2.55. The van der Waals surface area contributed by atoms with Crippen molar-refractivity contribution in [1.82, 2.24) is 35.4 Å². The number of carbonyl (C=O) groups excluding carboxylic acids is 6. The maximum atomic E-state index is 13.4. The third-order valence-corrected chi connectivity index (χ3v) is 9.56. The molecular weight excluding hydrogens is 847 g/mol. The van der Waals surface area contributed by atoms with Gasteiger partial charge in [0.1, 0.15) is 49.8 Å². The summed E-state index contributed by atoms with van der Waals surface area (Å²) in [5.41, 5.74) is 15.1. The van der Waals surface area contributed by atoms with Crippen molar-refractivity contribution in [1.29, 1.82) is 0 Å². The van der Waals surface area contributed by atoms with Crippen LogP contribution in [0.3, 0.4) is 0 Å². The average Bonchev–Trinajstić information content (AvgIpc) is 3.61. The van der Waals surface area contributed by atoms with Crippen molar-refractivity contribution in [3.63, 3.8) is 0 Å². The molecule has 4 aromatic rings. The number of hydrogen-bond donors (Lipinski definition) is 7. The molecule has 7 amide bonds. The summed E-state index contributed by atoms with van der Waals surface area (Å²) >= 11 is 0. The highest BCUT2D eigenvalue weighted by atomic mass is 16.6. The predicted molar refractivity (Wildman–Crippen MR) is 239 cm³/mol. The Morgan fingerprint density at radius 3 is 2.37 bits per heavy atom. The van der Waals surface area contributed by atoms with Crippen LogP contribution in [0.15, 0.2) is 53.6 Å². The Kier molecular flexibility index (Phi) is 18.6. The number of azide groups is 1. The largest absolute Gasteiger partial charge is 0.447 e. The minimum Gasteiger partial charge on any atom is -0.447 e. The van der Waals surface area contributed by atoms with Gasteiger partial charge in [0.15, 0.2) is 5.82 Å². The first-order valence-corrected chi connectivity index (χ1v) is 20.8. The smallest absolute Gasteiger partial charge is 0.412 e. The Hall–Kier alpha value is -7.23. The zero-order valence-corrected chi connectivity index (χ0v) is 37.3. The van der Waals surface area contributed by atoms with E-state index in [-0.39, 0.29) is 64.0 Å². The zero-order valence-electron chi connectivity index (χ0n) is 37.3. The molecule has 0 radical (unpaired) electrons. The van der Waals surface area contributed by atoms with Gasteiger partial charge in [-0.1, -0.05) is 49.3 Å². The number of imidazole rings is 1. The Morgan fingerprint density at radius 1 is 0.985 bits per heavy atom. The van der Waals surface area contributed by atoms with Crippen LogP contribution in [-0.4, -0.2) is 118 Å². The fourth-order valence-electron chi connectivity index (χ4n) is 6.40. The highest BCUT2D eigenvalue weighted by Crippen LogP contribution is 2.31. The number of nitrogens with zero attached hydrogens (tertiary/aromatic N) is 7. The number of primary amides is 1. The van der Waals surface area contributed by atoms with Crippen LogP contribution in [0.25, 0.3) is 32.4 Å². The van der Waals surface area contributed by atoms with Crippen LogP contribution in [0.4, 0.5) is 25.9 Å². The van der Waals surface area contributed by atoms with E-state index in [9.17, 15) is 33.9 Å². The number of para-hydroxylation sites is 1. The fourth-order valence-corrected chi connectivity index (χ4v) is 6.40. The summed E-state index contributed by atoms with van der Waals surface area (Å²) in [6.07, 6.45) is -1.14. The number of nitrogens with two attached hydrogens (primary N) is 1. The Balaban J connectivity index is 1.31. The van der Waals surface area contributed by atoms with E-state index in [2.05, 4.69) is 41.6 Å². The van der Waals surface area contributed by atoms with Crippen molar-refractivity contribution in [3.05, 3.63) is 70.4 Å². The predicted octanol–water partition coefficient (Wildman–Crippen LogP) is 4.03. The van der Waals surface area contributed by atoms with Gasteiger partial charge in [-0.2, -0.15) is 0 Å². The Morgan fingerprint density at radius 2 is 1.71 bits per heavy atom. The second-order valence-electron chi connectivity index (χ2n) is 15.8. The molecule has 0 saturated carbocycles. The number of benzene rings is 2. The van der Waals surface area contributed by atoms with E-state index >= 15 is 0 Å². The minimum atomic E-state index is -1.09. The molecule has 8 N–H and O–H groups in total. The van der Waals surface area contributed by atoms with Gasteiger partial charge in [0.25, 0.3) is 0 Å². The maximum Gasteiger partial charge on any atom is 0.412 e. The monoisotopic (exact) mass is 903 g/mol. The number of carbonyl (C=O) groups is 6. The van der Waals surface area contributed by atoms with Crippen molar-refractivity contribution in [3.8, 4) is 0 Å². The van der Waals surface area contributed by atoms with Gasteiger partial charge >= 0.3 is 18.2 Å². The second kappa shape index (κ2) is 24.0. The first kappa shape index (κ1) is 50.4. The highest BCUT2D eigenvalue weighted by Gasteiger charge is 2.29. The molecule has 2 aromatic carbocycles. The lowest BCUT2D eigenvalue weighted by Gasteiger charge is -2.25. The summed E-state index contributed by atoms with van der Waals surface area (Å²) in [5.74, 6) is -1.58. The quantitative estimate of drug-likeness (QED) is 0.0240. The SMILES string of the molecule is CCOCc1nc2c(NC(=O)OCCN(C)C(=O)OCc3ccc(NC(=O)[C@@H](CCCNC(N)=O)NC(=O)[C@H](NC(=O)CN=[N+]=[N-])C(C)C)cc3)nc3ccccc3c2n1CC(C)(C)O. The first-order valence-electron chi connectivity index (χ1n) is 20.8. The molecule has 65 heavy (non-hydrogen) atoms. The molecule has 2 heterocycles. The number of nitrogens with one attached hydrogen (secondary N) is 5. The molecule has 350 valence electrons. The van der Waals surface area contributed by atoms with Gasteiger partial charge in [0.2, 0.25) is 17.7 Å². The Labute approximate surface area is 374 Å². The number of likely N-dealkylation sites (N-methyl/N-ethyl adjacent to an activating group) is 1. The Bertz CT molecular complexity index is 2360. The van der Waals surface area contributed by atoms with Gasteiger partial charge in [-0.15, -0.1) is 0 Å². The molecule has 0 fully saturated rings. The third-order valence-electron chi connectivity index (χ3n) is 9.56. The fraction of sp³-hybridized carbons (Fsp3) is 0.476. The van der Waals surface area contributed by atoms with Gasteiger partial charge in [-0.25, -0.2) is 24.4 Å². The number of urea groups is 1. The molecule has 0 spiro atoms. The molecule has 0 aliphatic heterocycles. The third kappa shape index (κ3) is 15.5. The van der Waals surface area contributed by atoms with Gasteiger partial charge < -0.3 is 55.8 Å². The van der Waals surface area contributed by atoms with Gasteiger partial charge in [0, 0.05) is 36.2 Å². The number of aromatic nitrogens is 3. The summed E-state index contributed by atoms with van der Waals surface area (Å²) < 4.78 is 18.3. The topological polar surface area (TPSA) is 319 Å². The zero-order chi connectivity index (χ0) is 47.7. The van der Waals surface area contributed by atoms with E-state index in [4.69, 9.17) is 30.5 Å². The lowest BCUT2D eigenvalue weighted by molar-refractivity contribution is -0.131. The number of hydrogen-bond acceptors (Lipinski definition) is 13.